The number of fused-ring (bicyclic) bond motifs is 1. The first-order valence-electron chi connectivity index (χ1n) is 10.5. The Balaban J connectivity index is 1.79. The van der Waals surface area contributed by atoms with Gasteiger partial charge in [-0.1, -0.05) is 0 Å². The molecule has 4 rings (SSSR count). The van der Waals surface area contributed by atoms with E-state index in [1.807, 2.05) is 12.1 Å². The smallest absolute Gasteiger partial charge is 0.228 e. The molecule has 0 amide bonds. The molecule has 0 spiro atoms. The normalized spacial score (nSPS) is 22.5. The van der Waals surface area contributed by atoms with Gasteiger partial charge in [-0.05, 0) is 44.7 Å². The van der Waals surface area contributed by atoms with Crippen LogP contribution in [0.25, 0.3) is 10.9 Å². The number of ether oxygens (including phenoxy) is 2. The first-order valence-corrected chi connectivity index (χ1v) is 10.5. The summed E-state index contributed by atoms with van der Waals surface area (Å²) in [5, 5.41) is 17.8. The summed E-state index contributed by atoms with van der Waals surface area (Å²) in [5.74, 6) is 2.77. The Morgan fingerprint density at radius 2 is 1.97 bits per heavy atom. The van der Waals surface area contributed by atoms with E-state index in [9.17, 15) is 5.11 Å². The van der Waals surface area contributed by atoms with E-state index in [0.717, 1.165) is 68.5 Å². The largest absolute Gasteiger partial charge is 0.493 e. The highest BCUT2D eigenvalue weighted by molar-refractivity contribution is 5.93. The zero-order valence-electron chi connectivity index (χ0n) is 17.3. The van der Waals surface area contributed by atoms with Crippen LogP contribution in [0.4, 0.5) is 11.8 Å². The lowest BCUT2D eigenvalue weighted by Gasteiger charge is -2.35. The van der Waals surface area contributed by atoms with Gasteiger partial charge >= 0.3 is 0 Å². The highest BCUT2D eigenvalue weighted by Crippen LogP contribution is 2.36. The van der Waals surface area contributed by atoms with Gasteiger partial charge in [-0.3, -0.25) is 0 Å². The van der Waals surface area contributed by atoms with Gasteiger partial charge in [0.2, 0.25) is 5.95 Å². The van der Waals surface area contributed by atoms with Crippen molar-refractivity contribution in [2.24, 2.45) is 0 Å². The number of rotatable bonds is 6. The second-order valence-corrected chi connectivity index (χ2v) is 7.81. The van der Waals surface area contributed by atoms with Gasteiger partial charge in [0.25, 0.3) is 0 Å². The van der Waals surface area contributed by atoms with Crippen molar-refractivity contribution in [1.29, 1.82) is 0 Å². The molecule has 2 aliphatic rings. The van der Waals surface area contributed by atoms with E-state index >= 15 is 0 Å². The number of hydrogen-bond donors (Lipinski definition) is 3. The third-order valence-electron chi connectivity index (χ3n) is 5.92. The van der Waals surface area contributed by atoms with Gasteiger partial charge in [0.15, 0.2) is 11.5 Å². The fraction of sp³-hybridized carbons (Fsp3) is 0.619. The molecule has 2 aromatic rings. The zero-order chi connectivity index (χ0) is 20.2. The van der Waals surface area contributed by atoms with E-state index < -0.39 is 0 Å². The number of aliphatic hydroxyl groups is 1. The van der Waals surface area contributed by atoms with Crippen LogP contribution in [-0.4, -0.2) is 67.6 Å². The molecular weight excluding hydrogens is 370 g/mol. The molecule has 1 aromatic carbocycles. The Bertz CT molecular complexity index is 841. The summed E-state index contributed by atoms with van der Waals surface area (Å²) < 4.78 is 11.0. The Kier molecular flexibility index (Phi) is 6.20. The lowest BCUT2D eigenvalue weighted by atomic mass is 10.0. The summed E-state index contributed by atoms with van der Waals surface area (Å²) >= 11 is 0. The Labute approximate surface area is 171 Å². The summed E-state index contributed by atoms with van der Waals surface area (Å²) in [6.45, 7) is 2.94. The van der Waals surface area contributed by atoms with Crippen LogP contribution in [0.3, 0.4) is 0 Å². The lowest BCUT2D eigenvalue weighted by Crippen LogP contribution is -2.43. The molecule has 2 atom stereocenters. The van der Waals surface area contributed by atoms with Crippen molar-refractivity contribution in [3.63, 3.8) is 0 Å². The van der Waals surface area contributed by atoms with Gasteiger partial charge in [0, 0.05) is 30.6 Å². The van der Waals surface area contributed by atoms with E-state index in [4.69, 9.17) is 19.4 Å². The summed E-state index contributed by atoms with van der Waals surface area (Å²) in [5.41, 5.74) is 0.807. The number of benzene rings is 1. The van der Waals surface area contributed by atoms with Crippen LogP contribution in [0, 0.1) is 0 Å². The molecule has 0 aliphatic carbocycles. The molecule has 3 N–H and O–H groups in total. The molecule has 29 heavy (non-hydrogen) atoms. The third kappa shape index (κ3) is 4.18. The van der Waals surface area contributed by atoms with Crippen LogP contribution in [-0.2, 0) is 0 Å². The molecule has 1 unspecified atom stereocenters. The van der Waals surface area contributed by atoms with Crippen molar-refractivity contribution >= 4 is 22.7 Å². The molecule has 8 heteroatoms. The number of piperidine rings is 2. The molecule has 1 aromatic heterocycles. The number of aliphatic hydroxyl groups excluding tert-OH is 1. The number of methoxy groups -OCH3 is 2. The quantitative estimate of drug-likeness (QED) is 0.678. The topological polar surface area (TPSA) is 91.8 Å². The summed E-state index contributed by atoms with van der Waals surface area (Å²) in [6, 6.07) is 4.22. The predicted molar refractivity (Wildman–Crippen MR) is 114 cm³/mol. The molecule has 0 bridgehead atoms. The lowest BCUT2D eigenvalue weighted by molar-refractivity contribution is 0.239. The van der Waals surface area contributed by atoms with Crippen LogP contribution in [0.2, 0.25) is 0 Å². The van der Waals surface area contributed by atoms with Gasteiger partial charge in [-0.15, -0.1) is 0 Å². The predicted octanol–water partition coefficient (Wildman–Crippen LogP) is 2.16. The minimum Gasteiger partial charge on any atom is -0.493 e. The van der Waals surface area contributed by atoms with E-state index in [1.54, 1.807) is 14.2 Å². The van der Waals surface area contributed by atoms with Crippen molar-refractivity contribution < 1.29 is 14.6 Å². The van der Waals surface area contributed by atoms with Gasteiger partial charge in [0.05, 0.1) is 32.4 Å². The maximum Gasteiger partial charge on any atom is 0.228 e. The number of hydrogen-bond acceptors (Lipinski definition) is 8. The minimum atomic E-state index is 0.0607. The van der Waals surface area contributed by atoms with Crippen molar-refractivity contribution in [2.45, 2.75) is 44.2 Å². The molecule has 8 nitrogen and oxygen atoms in total. The highest BCUT2D eigenvalue weighted by atomic mass is 16.5. The molecule has 158 valence electrons. The Morgan fingerprint density at radius 3 is 2.69 bits per heavy atom. The molecule has 0 radical (unpaired) electrons. The zero-order valence-corrected chi connectivity index (χ0v) is 17.3. The van der Waals surface area contributed by atoms with Crippen molar-refractivity contribution in [1.82, 2.24) is 15.3 Å². The monoisotopic (exact) mass is 401 g/mol. The van der Waals surface area contributed by atoms with Crippen molar-refractivity contribution in [3.8, 4) is 11.5 Å². The first kappa shape index (κ1) is 20.0. The van der Waals surface area contributed by atoms with E-state index in [-0.39, 0.29) is 12.6 Å². The molecule has 0 saturated carbocycles. The van der Waals surface area contributed by atoms with E-state index in [1.165, 1.54) is 0 Å². The number of nitrogens with zero attached hydrogens (tertiary/aromatic N) is 3. The Hall–Kier alpha value is -2.32. The molecule has 3 heterocycles. The maximum absolute atomic E-state index is 9.86. The third-order valence-corrected chi connectivity index (χ3v) is 5.92. The number of aromatic nitrogens is 2. The average molecular weight is 402 g/mol. The maximum atomic E-state index is 9.86. The second kappa shape index (κ2) is 9.00. The van der Waals surface area contributed by atoms with Gasteiger partial charge in [0.1, 0.15) is 5.82 Å². The second-order valence-electron chi connectivity index (χ2n) is 7.81. The van der Waals surface area contributed by atoms with E-state index in [0.29, 0.717) is 23.5 Å². The fourth-order valence-electron chi connectivity index (χ4n) is 4.30. The Morgan fingerprint density at radius 1 is 1.14 bits per heavy atom. The minimum absolute atomic E-state index is 0.0607. The summed E-state index contributed by atoms with van der Waals surface area (Å²) in [7, 11) is 3.27. The number of anilines is 2. The SMILES string of the molecule is COc1cc2nc(N3CCCCC3CO)nc(N[C@H]3CCCNC3)c2cc1OC. The number of nitrogens with one attached hydrogen (secondary N) is 2. The van der Waals surface area contributed by atoms with Crippen molar-refractivity contribution in [3.05, 3.63) is 12.1 Å². The van der Waals surface area contributed by atoms with Crippen LogP contribution in [0.5, 0.6) is 11.5 Å². The summed E-state index contributed by atoms with van der Waals surface area (Å²) in [4.78, 5) is 11.9. The van der Waals surface area contributed by atoms with Crippen LogP contribution >= 0.6 is 0 Å². The molecule has 2 aliphatic heterocycles. The molecule has 2 saturated heterocycles. The first-order chi connectivity index (χ1) is 14.2. The van der Waals surface area contributed by atoms with Gasteiger partial charge in [-0.2, -0.15) is 4.98 Å². The van der Waals surface area contributed by atoms with Crippen molar-refractivity contribution in [2.75, 3.05) is 50.7 Å². The van der Waals surface area contributed by atoms with Crippen LogP contribution < -0.4 is 25.0 Å². The molecular formula is C21H31N5O3. The fourth-order valence-corrected chi connectivity index (χ4v) is 4.30. The molecule has 2 fully saturated rings. The summed E-state index contributed by atoms with van der Waals surface area (Å²) in [6.07, 6.45) is 5.41. The average Bonchev–Trinajstić information content (AvgIpc) is 2.78. The van der Waals surface area contributed by atoms with Crippen LogP contribution in [0.1, 0.15) is 32.1 Å². The van der Waals surface area contributed by atoms with E-state index in [2.05, 4.69) is 15.5 Å². The van der Waals surface area contributed by atoms with Gasteiger partial charge < -0.3 is 30.1 Å². The standard InChI is InChI=1S/C21H31N5O3/c1-28-18-10-16-17(11-19(18)29-2)24-21(26-9-4-3-7-15(26)13-27)25-20(16)23-14-6-5-8-22-12-14/h10-11,14-15,22,27H,3-9,12-13H2,1-2H3,(H,23,24,25)/t14-,15?/m0/s1. The highest BCUT2D eigenvalue weighted by Gasteiger charge is 2.26. The van der Waals surface area contributed by atoms with Gasteiger partial charge in [-0.25, -0.2) is 4.98 Å². The van der Waals surface area contributed by atoms with Crippen LogP contribution in [0.15, 0.2) is 12.1 Å².